The van der Waals surface area contributed by atoms with Gasteiger partial charge in [-0.3, -0.25) is 0 Å². The third-order valence-electron chi connectivity index (χ3n) is 0.775. The first-order valence-corrected chi connectivity index (χ1v) is 2.11. The molecular weight excluding hydrogens is 108 g/mol. The van der Waals surface area contributed by atoms with Crippen molar-refractivity contribution in [2.24, 2.45) is 0 Å². The molecule has 0 aromatic carbocycles. The maximum Gasteiger partial charge on any atom is 1.00 e. The van der Waals surface area contributed by atoms with E-state index < -0.39 is 6.15 Å². The molecule has 0 aliphatic rings. The average molecular weight is 111 g/mol. The van der Waals surface area contributed by atoms with E-state index in [1.165, 1.54) is 6.82 Å². The number of nitrogens with zero attached hydrogens (tertiary/aromatic N) is 3. The predicted octanol–water partition coefficient (Wildman–Crippen LogP) is -2.74. The van der Waals surface area contributed by atoms with Gasteiger partial charge in [0.2, 0.25) is 0 Å². The van der Waals surface area contributed by atoms with Gasteiger partial charge < -0.3 is 0 Å². The molecule has 0 bridgehead atoms. The Morgan fingerprint density at radius 2 is 1.22 bits per heavy atom. The Balaban J connectivity index is 0. The Labute approximate surface area is 66.0 Å². The van der Waals surface area contributed by atoms with Gasteiger partial charge in [0.05, 0.1) is 0 Å². The van der Waals surface area contributed by atoms with Crippen molar-refractivity contribution >= 4 is 6.15 Å². The monoisotopic (exact) mass is 111 g/mol. The maximum absolute atomic E-state index is 8.12. The largest absolute Gasteiger partial charge is 1.00 e. The fraction of sp³-hybridized carbons (Fsp3) is 0.250. The maximum atomic E-state index is 8.12. The van der Waals surface area contributed by atoms with Crippen molar-refractivity contribution in [2.75, 3.05) is 0 Å². The van der Waals surface area contributed by atoms with Gasteiger partial charge in [-0.05, 0) is 0 Å². The van der Waals surface area contributed by atoms with Crippen molar-refractivity contribution in [3.8, 4) is 17.9 Å². The molecule has 0 unspecified atom stereocenters. The topological polar surface area (TPSA) is 71.4 Å². The van der Waals surface area contributed by atoms with Gasteiger partial charge in [0, 0.05) is 0 Å². The minimum atomic E-state index is -2.04. The summed E-state index contributed by atoms with van der Waals surface area (Å²) in [7, 11) is 0. The van der Waals surface area contributed by atoms with Gasteiger partial charge in [-0.2, -0.15) is 6.82 Å². The molecule has 3 nitrogen and oxygen atoms in total. The molecule has 0 saturated carbocycles. The SMILES string of the molecule is C[B-](C#N)(C#N)C#N.[Li+]. The van der Waals surface area contributed by atoms with Crippen LogP contribution in [0.3, 0.4) is 0 Å². The van der Waals surface area contributed by atoms with Crippen molar-refractivity contribution in [2.45, 2.75) is 6.82 Å². The number of hydrogen-bond acceptors (Lipinski definition) is 3. The van der Waals surface area contributed by atoms with Gasteiger partial charge in [-0.25, -0.2) is 15.8 Å². The third kappa shape index (κ3) is 2.84. The van der Waals surface area contributed by atoms with Crippen LogP contribution in [0.25, 0.3) is 0 Å². The van der Waals surface area contributed by atoms with E-state index in [0.717, 1.165) is 0 Å². The molecule has 0 heterocycles. The first-order chi connectivity index (χ1) is 3.68. The van der Waals surface area contributed by atoms with Crippen LogP contribution in [0, 0.1) is 33.7 Å². The Kier molecular flexibility index (Phi) is 4.96. The van der Waals surface area contributed by atoms with E-state index in [1.54, 1.807) is 17.9 Å². The standard InChI is InChI=1S/C4H3BN3.Li/c1-5(2-6,3-7)4-8;/h1H3;/q-1;+1. The zero-order valence-electron chi connectivity index (χ0n) is 5.42. The van der Waals surface area contributed by atoms with Crippen LogP contribution in [0.5, 0.6) is 0 Å². The summed E-state index contributed by atoms with van der Waals surface area (Å²) in [4.78, 5) is 0. The quantitative estimate of drug-likeness (QED) is 0.318. The third-order valence-corrected chi connectivity index (χ3v) is 0.775. The van der Waals surface area contributed by atoms with Gasteiger partial charge in [-0.15, -0.1) is 17.9 Å². The normalized spacial score (nSPS) is 7.33. The van der Waals surface area contributed by atoms with E-state index >= 15 is 0 Å². The van der Waals surface area contributed by atoms with E-state index in [2.05, 4.69) is 0 Å². The Morgan fingerprint density at radius 3 is 1.22 bits per heavy atom. The molecule has 0 aliphatic heterocycles. The Morgan fingerprint density at radius 1 is 1.00 bits per heavy atom. The zero-order valence-corrected chi connectivity index (χ0v) is 5.42. The summed E-state index contributed by atoms with van der Waals surface area (Å²) in [5.41, 5.74) is 0. The van der Waals surface area contributed by atoms with E-state index in [1.807, 2.05) is 0 Å². The van der Waals surface area contributed by atoms with Crippen LogP contribution in [-0.4, -0.2) is 6.15 Å². The summed E-state index contributed by atoms with van der Waals surface area (Å²) in [6, 6.07) is 0. The van der Waals surface area contributed by atoms with Crippen LogP contribution in [0.4, 0.5) is 0 Å². The summed E-state index contributed by atoms with van der Waals surface area (Å²) in [5, 5.41) is 24.4. The average Bonchev–Trinajstić information content (AvgIpc) is 1.87. The van der Waals surface area contributed by atoms with Crippen molar-refractivity contribution in [3.63, 3.8) is 0 Å². The molecule has 0 saturated heterocycles. The fourth-order valence-corrected chi connectivity index (χ4v) is 0.0866. The minimum Gasteiger partial charge on any atom is -0.247 e. The van der Waals surface area contributed by atoms with Crippen molar-refractivity contribution in [1.82, 2.24) is 0 Å². The van der Waals surface area contributed by atoms with E-state index in [-0.39, 0.29) is 18.9 Å². The summed E-state index contributed by atoms with van der Waals surface area (Å²) >= 11 is 0. The molecule has 0 fully saturated rings. The number of nitriles is 3. The van der Waals surface area contributed by atoms with Gasteiger partial charge in [-0.1, -0.05) is 0 Å². The molecule has 0 spiro atoms. The fourth-order valence-electron chi connectivity index (χ4n) is 0.0866. The van der Waals surface area contributed by atoms with Crippen molar-refractivity contribution in [3.05, 3.63) is 0 Å². The number of rotatable bonds is 0. The van der Waals surface area contributed by atoms with Crippen LogP contribution in [0.2, 0.25) is 6.82 Å². The molecule has 0 N–H and O–H groups in total. The van der Waals surface area contributed by atoms with Crippen molar-refractivity contribution in [1.29, 1.82) is 15.8 Å². The molecule has 0 amide bonds. The first-order valence-electron chi connectivity index (χ1n) is 2.11. The molecule has 0 aromatic heterocycles. The Hall–Kier alpha value is -0.868. The second-order valence-corrected chi connectivity index (χ2v) is 1.69. The van der Waals surface area contributed by atoms with Crippen LogP contribution in [-0.2, 0) is 0 Å². The summed E-state index contributed by atoms with van der Waals surface area (Å²) in [6.45, 7) is 1.33. The van der Waals surface area contributed by atoms with Crippen molar-refractivity contribution < 1.29 is 18.9 Å². The van der Waals surface area contributed by atoms with Gasteiger partial charge >= 0.3 is 18.9 Å². The molecule has 38 valence electrons. The summed E-state index contributed by atoms with van der Waals surface area (Å²) in [5.74, 6) is 4.85. The second kappa shape index (κ2) is 4.06. The minimum absolute atomic E-state index is 0. The van der Waals surface area contributed by atoms with E-state index in [9.17, 15) is 0 Å². The predicted molar refractivity (Wildman–Crippen MR) is 28.5 cm³/mol. The second-order valence-electron chi connectivity index (χ2n) is 1.69. The zero-order chi connectivity index (χ0) is 6.62. The molecule has 0 aliphatic carbocycles. The Bertz CT molecular complexity index is 169. The molecular formula is C4H3BLiN3. The molecule has 0 radical (unpaired) electrons. The van der Waals surface area contributed by atoms with Gasteiger partial charge in [0.1, 0.15) is 0 Å². The van der Waals surface area contributed by atoms with Gasteiger partial charge in [0.15, 0.2) is 0 Å². The molecule has 9 heavy (non-hydrogen) atoms. The van der Waals surface area contributed by atoms with Crippen LogP contribution < -0.4 is 18.9 Å². The molecule has 0 rings (SSSR count). The van der Waals surface area contributed by atoms with E-state index in [4.69, 9.17) is 15.8 Å². The number of hydrogen-bond donors (Lipinski definition) is 0. The van der Waals surface area contributed by atoms with Crippen LogP contribution in [0.15, 0.2) is 0 Å². The van der Waals surface area contributed by atoms with Crippen LogP contribution >= 0.6 is 0 Å². The first kappa shape index (κ1) is 11.0. The summed E-state index contributed by atoms with van der Waals surface area (Å²) < 4.78 is 0. The van der Waals surface area contributed by atoms with E-state index in [0.29, 0.717) is 0 Å². The van der Waals surface area contributed by atoms with Gasteiger partial charge in [0.25, 0.3) is 6.15 Å². The molecule has 0 atom stereocenters. The molecule has 5 heteroatoms. The van der Waals surface area contributed by atoms with Crippen LogP contribution in [0.1, 0.15) is 0 Å². The summed E-state index contributed by atoms with van der Waals surface area (Å²) in [6.07, 6.45) is -2.04. The molecule has 0 aromatic rings. The smallest absolute Gasteiger partial charge is 0.247 e.